The number of rotatable bonds is 6. The first-order valence-electron chi connectivity index (χ1n) is 5.46. The molecule has 0 aliphatic carbocycles. The van der Waals surface area contributed by atoms with Crippen LogP contribution in [0.4, 0.5) is 10.1 Å². The van der Waals surface area contributed by atoms with Gasteiger partial charge in [-0.2, -0.15) is 0 Å². The van der Waals surface area contributed by atoms with E-state index in [2.05, 4.69) is 5.32 Å². The van der Waals surface area contributed by atoms with Crippen molar-refractivity contribution < 1.29 is 19.4 Å². The van der Waals surface area contributed by atoms with Crippen molar-refractivity contribution in [2.75, 3.05) is 11.9 Å². The molecule has 4 nitrogen and oxygen atoms in total. The number of carboxylic acids is 1. The van der Waals surface area contributed by atoms with Crippen LogP contribution in [0.25, 0.3) is 0 Å². The molecule has 0 aromatic heterocycles. The minimum Gasteiger partial charge on any atom is -0.478 e. The fourth-order valence-corrected chi connectivity index (χ4v) is 1.51. The van der Waals surface area contributed by atoms with E-state index in [1.807, 2.05) is 0 Å². The second-order valence-corrected chi connectivity index (χ2v) is 3.89. The van der Waals surface area contributed by atoms with E-state index in [9.17, 15) is 9.18 Å². The Morgan fingerprint density at radius 2 is 2.24 bits per heavy atom. The second kappa shape index (κ2) is 6.20. The van der Waals surface area contributed by atoms with Gasteiger partial charge in [-0.25, -0.2) is 9.18 Å². The zero-order valence-corrected chi connectivity index (χ0v) is 9.61. The van der Waals surface area contributed by atoms with Crippen molar-refractivity contribution in [2.24, 2.45) is 0 Å². The molecule has 5 heteroatoms. The van der Waals surface area contributed by atoms with Gasteiger partial charge in [-0.05, 0) is 31.9 Å². The lowest BCUT2D eigenvalue weighted by molar-refractivity contribution is 0.0693. The first-order chi connectivity index (χ1) is 8.02. The maximum Gasteiger partial charge on any atom is 0.340 e. The second-order valence-electron chi connectivity index (χ2n) is 3.89. The van der Waals surface area contributed by atoms with E-state index in [4.69, 9.17) is 10.2 Å². The lowest BCUT2D eigenvalue weighted by atomic mass is 10.1. The van der Waals surface area contributed by atoms with Gasteiger partial charge in [0, 0.05) is 6.54 Å². The third kappa shape index (κ3) is 4.03. The maximum atomic E-state index is 13.3. The number of hydrogen-bond acceptors (Lipinski definition) is 3. The van der Waals surface area contributed by atoms with Crippen LogP contribution >= 0.6 is 0 Å². The van der Waals surface area contributed by atoms with Gasteiger partial charge in [-0.15, -0.1) is 0 Å². The topological polar surface area (TPSA) is 69.6 Å². The molecule has 0 heterocycles. The predicted octanol–water partition coefficient (Wildman–Crippen LogP) is 2.10. The molecule has 0 aliphatic rings. The molecule has 0 saturated heterocycles. The summed E-state index contributed by atoms with van der Waals surface area (Å²) in [5.41, 5.74) is -0.0763. The summed E-state index contributed by atoms with van der Waals surface area (Å²) in [6, 6.07) is 4.10. The monoisotopic (exact) mass is 241 g/mol. The van der Waals surface area contributed by atoms with Gasteiger partial charge < -0.3 is 15.5 Å². The number of carbonyl (C=O) groups is 1. The molecular weight excluding hydrogens is 225 g/mol. The highest BCUT2D eigenvalue weighted by atomic mass is 19.1. The summed E-state index contributed by atoms with van der Waals surface area (Å²) < 4.78 is 13.3. The van der Waals surface area contributed by atoms with Crippen LogP contribution in [0.5, 0.6) is 0 Å². The van der Waals surface area contributed by atoms with Crippen LogP contribution in [0.1, 0.15) is 30.1 Å². The largest absolute Gasteiger partial charge is 0.478 e. The Bertz CT molecular complexity index is 393. The van der Waals surface area contributed by atoms with E-state index in [0.29, 0.717) is 19.4 Å². The lowest BCUT2D eigenvalue weighted by Gasteiger charge is -2.10. The molecule has 0 fully saturated rings. The van der Waals surface area contributed by atoms with Crippen molar-refractivity contribution in [3.05, 3.63) is 29.6 Å². The Labute approximate surface area is 99.1 Å². The minimum atomic E-state index is -1.29. The summed E-state index contributed by atoms with van der Waals surface area (Å²) in [6.07, 6.45) is 0.918. The van der Waals surface area contributed by atoms with Crippen LogP contribution in [0, 0.1) is 5.82 Å². The molecule has 17 heavy (non-hydrogen) atoms. The number of carboxylic acid groups (broad SMARTS) is 1. The van der Waals surface area contributed by atoms with Crippen LogP contribution in [0.2, 0.25) is 0 Å². The highest BCUT2D eigenvalue weighted by molar-refractivity contribution is 5.94. The molecule has 1 aromatic rings. The van der Waals surface area contributed by atoms with Gasteiger partial charge in [0.1, 0.15) is 11.4 Å². The maximum absolute atomic E-state index is 13.3. The quantitative estimate of drug-likeness (QED) is 0.667. The smallest absolute Gasteiger partial charge is 0.340 e. The van der Waals surface area contributed by atoms with Crippen LogP contribution in [0.15, 0.2) is 18.2 Å². The minimum absolute atomic E-state index is 0.267. The summed E-state index contributed by atoms with van der Waals surface area (Å²) in [6.45, 7) is 2.18. The fourth-order valence-electron chi connectivity index (χ4n) is 1.51. The van der Waals surface area contributed by atoms with E-state index in [1.165, 1.54) is 12.1 Å². The lowest BCUT2D eigenvalue weighted by Crippen LogP contribution is -2.11. The fraction of sp³-hybridized carbons (Fsp3) is 0.417. The van der Waals surface area contributed by atoms with Crippen LogP contribution in [0.3, 0.4) is 0 Å². The number of anilines is 1. The average Bonchev–Trinajstić information content (AvgIpc) is 2.23. The molecule has 0 bridgehead atoms. The highest BCUT2D eigenvalue weighted by Gasteiger charge is 2.14. The summed E-state index contributed by atoms with van der Waals surface area (Å²) in [4.78, 5) is 10.9. The summed E-state index contributed by atoms with van der Waals surface area (Å²) in [5.74, 6) is -2.04. The SMILES string of the molecule is CC(O)CCCNc1cccc(F)c1C(=O)O. The zero-order valence-electron chi connectivity index (χ0n) is 9.61. The summed E-state index contributed by atoms with van der Waals surface area (Å²) in [7, 11) is 0. The molecule has 3 N–H and O–H groups in total. The number of aliphatic hydroxyl groups is 1. The number of hydrogen-bond donors (Lipinski definition) is 3. The molecule has 1 aromatic carbocycles. The zero-order chi connectivity index (χ0) is 12.8. The number of nitrogens with one attached hydrogen (secondary N) is 1. The van der Waals surface area contributed by atoms with E-state index in [-0.39, 0.29) is 17.4 Å². The average molecular weight is 241 g/mol. The molecule has 0 aliphatic heterocycles. The first-order valence-corrected chi connectivity index (χ1v) is 5.46. The predicted molar refractivity (Wildman–Crippen MR) is 62.8 cm³/mol. The molecule has 1 rings (SSSR count). The van der Waals surface area contributed by atoms with Gasteiger partial charge in [0.05, 0.1) is 11.8 Å². The van der Waals surface area contributed by atoms with Crippen molar-refractivity contribution in [1.82, 2.24) is 0 Å². The number of aromatic carboxylic acids is 1. The summed E-state index contributed by atoms with van der Waals surface area (Å²) >= 11 is 0. The number of benzene rings is 1. The first kappa shape index (κ1) is 13.4. The van der Waals surface area contributed by atoms with Gasteiger partial charge in [0.15, 0.2) is 0 Å². The highest BCUT2D eigenvalue weighted by Crippen LogP contribution is 2.18. The molecule has 94 valence electrons. The van der Waals surface area contributed by atoms with Crippen LogP contribution < -0.4 is 5.32 Å². The standard InChI is InChI=1S/C12H16FNO3/c1-8(15)4-3-7-14-10-6-2-5-9(13)11(10)12(16)17/h2,5-6,8,14-15H,3-4,7H2,1H3,(H,16,17). The van der Waals surface area contributed by atoms with Gasteiger partial charge in [0.25, 0.3) is 0 Å². The Morgan fingerprint density at radius 3 is 2.82 bits per heavy atom. The molecule has 1 unspecified atom stereocenters. The molecule has 0 saturated carbocycles. The van der Waals surface area contributed by atoms with E-state index >= 15 is 0 Å². The van der Waals surface area contributed by atoms with Crippen molar-refractivity contribution >= 4 is 11.7 Å². The van der Waals surface area contributed by atoms with Crippen molar-refractivity contribution in [3.8, 4) is 0 Å². The molecule has 0 spiro atoms. The van der Waals surface area contributed by atoms with Crippen molar-refractivity contribution in [2.45, 2.75) is 25.9 Å². The normalized spacial score (nSPS) is 12.2. The van der Waals surface area contributed by atoms with Crippen molar-refractivity contribution in [3.63, 3.8) is 0 Å². The Balaban J connectivity index is 2.64. The van der Waals surface area contributed by atoms with Gasteiger partial charge >= 0.3 is 5.97 Å². The van der Waals surface area contributed by atoms with Gasteiger partial charge in [-0.3, -0.25) is 0 Å². The number of halogens is 1. The van der Waals surface area contributed by atoms with Crippen LogP contribution in [-0.4, -0.2) is 28.8 Å². The number of aliphatic hydroxyl groups excluding tert-OH is 1. The molecule has 0 radical (unpaired) electrons. The Hall–Kier alpha value is -1.62. The van der Waals surface area contributed by atoms with Crippen LogP contribution in [-0.2, 0) is 0 Å². The van der Waals surface area contributed by atoms with Gasteiger partial charge in [0.2, 0.25) is 0 Å². The third-order valence-electron chi connectivity index (χ3n) is 2.34. The summed E-state index contributed by atoms with van der Waals surface area (Å²) in [5, 5.41) is 20.8. The Morgan fingerprint density at radius 1 is 1.53 bits per heavy atom. The Kier molecular flexibility index (Phi) is 4.90. The van der Waals surface area contributed by atoms with E-state index < -0.39 is 11.8 Å². The van der Waals surface area contributed by atoms with Gasteiger partial charge in [-0.1, -0.05) is 6.07 Å². The molecule has 1 atom stereocenters. The van der Waals surface area contributed by atoms with E-state index in [0.717, 1.165) is 6.07 Å². The molecular formula is C12H16FNO3. The van der Waals surface area contributed by atoms with E-state index in [1.54, 1.807) is 6.92 Å². The third-order valence-corrected chi connectivity index (χ3v) is 2.34. The molecule has 0 amide bonds. The van der Waals surface area contributed by atoms with Crippen molar-refractivity contribution in [1.29, 1.82) is 0 Å².